The molecule has 0 unspecified atom stereocenters. The molecular weight excluding hydrogens is 224 g/mol. The summed E-state index contributed by atoms with van der Waals surface area (Å²) in [6.07, 6.45) is 1.89. The van der Waals surface area contributed by atoms with Crippen LogP contribution in [0.4, 0.5) is 0 Å². The molecule has 17 heavy (non-hydrogen) atoms. The summed E-state index contributed by atoms with van der Waals surface area (Å²) >= 11 is 0. The molecule has 0 radical (unpaired) electrons. The van der Waals surface area contributed by atoms with Crippen LogP contribution in [0.2, 0.25) is 0 Å². The van der Waals surface area contributed by atoms with E-state index >= 15 is 0 Å². The summed E-state index contributed by atoms with van der Waals surface area (Å²) in [6.45, 7) is 7.51. The molecule has 0 spiro atoms. The van der Waals surface area contributed by atoms with Gasteiger partial charge in [-0.15, -0.1) is 0 Å². The highest BCUT2D eigenvalue weighted by atomic mass is 16.8. The van der Waals surface area contributed by atoms with E-state index in [0.29, 0.717) is 0 Å². The van der Waals surface area contributed by atoms with Crippen LogP contribution in [0.3, 0.4) is 0 Å². The molecule has 3 aliphatic rings. The molecule has 3 aliphatic heterocycles. The summed E-state index contributed by atoms with van der Waals surface area (Å²) in [5.41, 5.74) is 0. The second-order valence-corrected chi connectivity index (χ2v) is 5.54. The van der Waals surface area contributed by atoms with Gasteiger partial charge in [0, 0.05) is 20.3 Å². The van der Waals surface area contributed by atoms with Crippen molar-refractivity contribution in [3.63, 3.8) is 0 Å². The van der Waals surface area contributed by atoms with Gasteiger partial charge in [0.25, 0.3) is 0 Å². The van der Waals surface area contributed by atoms with Gasteiger partial charge in [-0.3, -0.25) is 0 Å². The average molecular weight is 242 g/mol. The lowest BCUT2D eigenvalue weighted by atomic mass is 10.2. The molecule has 0 aromatic rings. The fourth-order valence-corrected chi connectivity index (χ4v) is 2.36. The molecule has 0 aliphatic carbocycles. The van der Waals surface area contributed by atoms with Crippen molar-refractivity contribution in [2.24, 2.45) is 0 Å². The smallest absolute Gasteiger partial charge is 0.244 e. The van der Waals surface area contributed by atoms with Crippen molar-refractivity contribution >= 4 is 0 Å². The van der Waals surface area contributed by atoms with Crippen molar-refractivity contribution in [3.8, 4) is 0 Å². The molecule has 0 amide bonds. The van der Waals surface area contributed by atoms with Gasteiger partial charge in [0.2, 0.25) is 5.79 Å². The Morgan fingerprint density at radius 2 is 1.88 bits per heavy atom. The van der Waals surface area contributed by atoms with Crippen LogP contribution in [0.1, 0.15) is 34.1 Å². The Hall–Kier alpha value is -0.780. The van der Waals surface area contributed by atoms with Gasteiger partial charge in [0.05, 0.1) is 0 Å². The Labute approximate surface area is 101 Å². The van der Waals surface area contributed by atoms with Gasteiger partial charge < -0.3 is 23.7 Å². The molecule has 0 aromatic heterocycles. The zero-order chi connectivity index (χ0) is 12.3. The Morgan fingerprint density at radius 3 is 2.47 bits per heavy atom. The van der Waals surface area contributed by atoms with Gasteiger partial charge in [-0.05, 0) is 13.8 Å². The van der Waals surface area contributed by atoms with Gasteiger partial charge in [0.15, 0.2) is 17.8 Å². The maximum absolute atomic E-state index is 5.78. The molecule has 3 atom stereocenters. The zero-order valence-electron chi connectivity index (χ0n) is 10.6. The first-order valence-electron chi connectivity index (χ1n) is 5.93. The predicted octanol–water partition coefficient (Wildman–Crippen LogP) is 1.88. The summed E-state index contributed by atoms with van der Waals surface area (Å²) in [7, 11) is 0. The fourth-order valence-electron chi connectivity index (χ4n) is 2.36. The summed E-state index contributed by atoms with van der Waals surface area (Å²) < 4.78 is 28.2. The highest BCUT2D eigenvalue weighted by Crippen LogP contribution is 2.41. The minimum Gasteiger partial charge on any atom is -0.457 e. The Balaban J connectivity index is 1.64. The average Bonchev–Trinajstić information content (AvgIpc) is 2.75. The molecule has 0 bridgehead atoms. The van der Waals surface area contributed by atoms with E-state index in [2.05, 4.69) is 0 Å². The first-order chi connectivity index (χ1) is 7.85. The van der Waals surface area contributed by atoms with E-state index in [1.807, 2.05) is 27.7 Å². The predicted molar refractivity (Wildman–Crippen MR) is 57.6 cm³/mol. The first-order valence-corrected chi connectivity index (χ1v) is 5.93. The Morgan fingerprint density at radius 1 is 1.12 bits per heavy atom. The van der Waals surface area contributed by atoms with Crippen LogP contribution in [-0.2, 0) is 23.7 Å². The van der Waals surface area contributed by atoms with Crippen molar-refractivity contribution in [3.05, 3.63) is 12.0 Å². The van der Waals surface area contributed by atoms with Crippen LogP contribution in [-0.4, -0.2) is 30.1 Å². The van der Waals surface area contributed by atoms with E-state index in [4.69, 9.17) is 23.7 Å². The third kappa shape index (κ3) is 2.03. The van der Waals surface area contributed by atoms with Gasteiger partial charge >= 0.3 is 0 Å². The van der Waals surface area contributed by atoms with Gasteiger partial charge in [-0.1, -0.05) is 0 Å². The van der Waals surface area contributed by atoms with Crippen molar-refractivity contribution in [2.45, 2.75) is 64.2 Å². The van der Waals surface area contributed by atoms with E-state index in [-0.39, 0.29) is 18.5 Å². The van der Waals surface area contributed by atoms with Gasteiger partial charge in [0.1, 0.15) is 18.5 Å². The third-order valence-corrected chi connectivity index (χ3v) is 3.02. The highest BCUT2D eigenvalue weighted by molar-refractivity contribution is 5.06. The summed E-state index contributed by atoms with van der Waals surface area (Å²) in [5, 5.41) is 0. The molecule has 5 heteroatoms. The molecule has 96 valence electrons. The molecule has 0 N–H and O–H groups in total. The third-order valence-electron chi connectivity index (χ3n) is 3.02. The zero-order valence-corrected chi connectivity index (χ0v) is 10.6. The Bertz CT molecular complexity index is 344. The van der Waals surface area contributed by atoms with Crippen LogP contribution < -0.4 is 0 Å². The topological polar surface area (TPSA) is 46.2 Å². The number of ether oxygens (including phenoxy) is 5. The number of rotatable bonds is 1. The number of fused-ring (bicyclic) bond motifs is 1. The van der Waals surface area contributed by atoms with Crippen LogP contribution in [0, 0.1) is 0 Å². The van der Waals surface area contributed by atoms with Crippen molar-refractivity contribution in [1.29, 1.82) is 0 Å². The second-order valence-electron chi connectivity index (χ2n) is 5.54. The molecular formula is C12H18O5. The van der Waals surface area contributed by atoms with Crippen molar-refractivity contribution in [2.75, 3.05) is 0 Å². The summed E-state index contributed by atoms with van der Waals surface area (Å²) in [4.78, 5) is 0. The van der Waals surface area contributed by atoms with E-state index in [1.54, 1.807) is 6.26 Å². The van der Waals surface area contributed by atoms with Crippen LogP contribution in [0.25, 0.3) is 0 Å². The Kier molecular flexibility index (Phi) is 2.24. The molecule has 5 nitrogen and oxygen atoms in total. The molecule has 3 heterocycles. The SMILES string of the molecule is CC1(C)OC=C([C@@H]2C[C@H]3OC(C)(C)O[C@H]3O2)O1. The van der Waals surface area contributed by atoms with E-state index < -0.39 is 11.6 Å². The van der Waals surface area contributed by atoms with E-state index in [0.717, 1.165) is 12.2 Å². The van der Waals surface area contributed by atoms with E-state index in [9.17, 15) is 0 Å². The number of hydrogen-bond acceptors (Lipinski definition) is 5. The minimum atomic E-state index is -0.600. The van der Waals surface area contributed by atoms with Crippen LogP contribution in [0.15, 0.2) is 12.0 Å². The molecule has 2 saturated heterocycles. The summed E-state index contributed by atoms with van der Waals surface area (Å²) in [5.74, 6) is -0.437. The standard InChI is InChI=1S/C12H18O5/c1-11(2)13-6-9(16-11)7-5-8-10(14-7)17-12(3,4)15-8/h6-8,10H,5H2,1-4H3/t7-,8+,10+/m0/s1. The normalized spacial score (nSPS) is 41.6. The summed E-state index contributed by atoms with van der Waals surface area (Å²) in [6, 6.07) is 0. The minimum absolute atomic E-state index is 0.0248. The lowest BCUT2D eigenvalue weighted by molar-refractivity contribution is -0.207. The quantitative estimate of drug-likeness (QED) is 0.702. The van der Waals surface area contributed by atoms with Crippen LogP contribution >= 0.6 is 0 Å². The fraction of sp³-hybridized carbons (Fsp3) is 0.833. The van der Waals surface area contributed by atoms with Crippen LogP contribution in [0.5, 0.6) is 0 Å². The monoisotopic (exact) mass is 242 g/mol. The maximum Gasteiger partial charge on any atom is 0.244 e. The second kappa shape index (κ2) is 3.37. The molecule has 2 fully saturated rings. The molecule has 3 rings (SSSR count). The highest BCUT2D eigenvalue weighted by Gasteiger charge is 2.51. The molecule has 0 saturated carbocycles. The largest absolute Gasteiger partial charge is 0.457 e. The van der Waals surface area contributed by atoms with Gasteiger partial charge in [-0.2, -0.15) is 0 Å². The lowest BCUT2D eigenvalue weighted by Gasteiger charge is -2.22. The number of hydrogen-bond donors (Lipinski definition) is 0. The lowest BCUT2D eigenvalue weighted by Crippen LogP contribution is -2.27. The molecule has 0 aromatic carbocycles. The first kappa shape index (κ1) is 11.3. The maximum atomic E-state index is 5.78. The van der Waals surface area contributed by atoms with Crippen molar-refractivity contribution in [1.82, 2.24) is 0 Å². The van der Waals surface area contributed by atoms with E-state index in [1.165, 1.54) is 0 Å². The van der Waals surface area contributed by atoms with Gasteiger partial charge in [-0.25, -0.2) is 0 Å². The van der Waals surface area contributed by atoms with Crippen molar-refractivity contribution < 1.29 is 23.7 Å².